The SMILES string of the molecule is CCCNCc1cccc(F)c1Oc1ccc(C)c(F)c1. The van der Waals surface area contributed by atoms with Crippen LogP contribution < -0.4 is 10.1 Å². The number of hydrogen-bond acceptors (Lipinski definition) is 2. The molecule has 0 spiro atoms. The van der Waals surface area contributed by atoms with Crippen LogP contribution in [0, 0.1) is 18.6 Å². The Kier molecular flexibility index (Phi) is 5.28. The van der Waals surface area contributed by atoms with Crippen LogP contribution in [0.5, 0.6) is 11.5 Å². The average molecular weight is 291 g/mol. The molecular formula is C17H19F2NO. The van der Waals surface area contributed by atoms with E-state index in [9.17, 15) is 8.78 Å². The normalized spacial score (nSPS) is 10.7. The Morgan fingerprint density at radius 1 is 1.10 bits per heavy atom. The van der Waals surface area contributed by atoms with Gasteiger partial charge in [0.1, 0.15) is 11.6 Å². The van der Waals surface area contributed by atoms with E-state index in [0.29, 0.717) is 23.4 Å². The Morgan fingerprint density at radius 2 is 1.90 bits per heavy atom. The largest absolute Gasteiger partial charge is 0.454 e. The smallest absolute Gasteiger partial charge is 0.167 e. The molecule has 2 nitrogen and oxygen atoms in total. The minimum atomic E-state index is -0.452. The van der Waals surface area contributed by atoms with E-state index in [4.69, 9.17) is 4.74 Å². The summed E-state index contributed by atoms with van der Waals surface area (Å²) in [6.45, 7) is 5.08. The highest BCUT2D eigenvalue weighted by molar-refractivity contribution is 5.40. The Balaban J connectivity index is 2.23. The molecule has 4 heteroatoms. The summed E-state index contributed by atoms with van der Waals surface area (Å²) in [6.07, 6.45) is 0.995. The van der Waals surface area contributed by atoms with Gasteiger partial charge in [-0.3, -0.25) is 0 Å². The molecule has 2 aromatic carbocycles. The van der Waals surface area contributed by atoms with Crippen LogP contribution in [0.4, 0.5) is 8.78 Å². The molecule has 0 radical (unpaired) electrons. The van der Waals surface area contributed by atoms with Crippen LogP contribution in [0.3, 0.4) is 0 Å². The third kappa shape index (κ3) is 4.02. The zero-order valence-corrected chi connectivity index (χ0v) is 12.2. The molecule has 0 aliphatic heterocycles. The van der Waals surface area contributed by atoms with Gasteiger partial charge in [0.15, 0.2) is 11.6 Å². The fraction of sp³-hybridized carbons (Fsp3) is 0.294. The summed E-state index contributed by atoms with van der Waals surface area (Å²) in [7, 11) is 0. The summed E-state index contributed by atoms with van der Waals surface area (Å²) < 4.78 is 33.1. The molecule has 0 bridgehead atoms. The Bertz CT molecular complexity index is 614. The molecule has 0 unspecified atom stereocenters. The third-order valence-electron chi connectivity index (χ3n) is 3.15. The minimum Gasteiger partial charge on any atom is -0.454 e. The predicted molar refractivity (Wildman–Crippen MR) is 79.6 cm³/mol. The lowest BCUT2D eigenvalue weighted by atomic mass is 10.2. The van der Waals surface area contributed by atoms with Crippen molar-refractivity contribution in [2.75, 3.05) is 6.54 Å². The Morgan fingerprint density at radius 3 is 2.62 bits per heavy atom. The van der Waals surface area contributed by atoms with Crippen molar-refractivity contribution in [2.45, 2.75) is 26.8 Å². The van der Waals surface area contributed by atoms with Crippen LogP contribution >= 0.6 is 0 Å². The van der Waals surface area contributed by atoms with Gasteiger partial charge in [0.25, 0.3) is 0 Å². The lowest BCUT2D eigenvalue weighted by Crippen LogP contribution is -2.14. The van der Waals surface area contributed by atoms with Crippen molar-refractivity contribution in [3.05, 3.63) is 59.2 Å². The van der Waals surface area contributed by atoms with Gasteiger partial charge in [0.05, 0.1) is 0 Å². The molecule has 0 saturated heterocycles. The van der Waals surface area contributed by atoms with Crippen LogP contribution in [-0.4, -0.2) is 6.54 Å². The maximum absolute atomic E-state index is 14.0. The molecule has 0 amide bonds. The van der Waals surface area contributed by atoms with Gasteiger partial charge in [-0.2, -0.15) is 0 Å². The highest BCUT2D eigenvalue weighted by Gasteiger charge is 2.11. The van der Waals surface area contributed by atoms with Crippen LogP contribution in [0.25, 0.3) is 0 Å². The van der Waals surface area contributed by atoms with Gasteiger partial charge in [0.2, 0.25) is 0 Å². The monoisotopic (exact) mass is 291 g/mol. The van der Waals surface area contributed by atoms with Gasteiger partial charge in [-0.15, -0.1) is 0 Å². The fourth-order valence-corrected chi connectivity index (χ4v) is 1.96. The highest BCUT2D eigenvalue weighted by atomic mass is 19.1. The number of rotatable bonds is 6. The number of halogens is 2. The van der Waals surface area contributed by atoms with Crippen molar-refractivity contribution in [1.29, 1.82) is 0 Å². The molecule has 0 fully saturated rings. The third-order valence-corrected chi connectivity index (χ3v) is 3.15. The van der Waals surface area contributed by atoms with Gasteiger partial charge in [0, 0.05) is 18.2 Å². The van der Waals surface area contributed by atoms with Crippen molar-refractivity contribution >= 4 is 0 Å². The molecule has 0 aliphatic carbocycles. The van der Waals surface area contributed by atoms with Crippen LogP contribution in [0.15, 0.2) is 36.4 Å². The van der Waals surface area contributed by atoms with Crippen molar-refractivity contribution in [3.63, 3.8) is 0 Å². The van der Waals surface area contributed by atoms with Gasteiger partial charge in [-0.05, 0) is 37.6 Å². The maximum atomic E-state index is 14.0. The van der Waals surface area contributed by atoms with Gasteiger partial charge >= 0.3 is 0 Å². The lowest BCUT2D eigenvalue weighted by Gasteiger charge is -2.13. The summed E-state index contributed by atoms with van der Waals surface area (Å²) in [5.41, 5.74) is 1.24. The summed E-state index contributed by atoms with van der Waals surface area (Å²) in [6, 6.07) is 9.29. The predicted octanol–water partition coefficient (Wildman–Crippen LogP) is 4.57. The highest BCUT2D eigenvalue weighted by Crippen LogP contribution is 2.29. The molecule has 1 N–H and O–H groups in total. The molecule has 0 aliphatic rings. The fourth-order valence-electron chi connectivity index (χ4n) is 1.96. The van der Waals surface area contributed by atoms with Gasteiger partial charge < -0.3 is 10.1 Å². The summed E-state index contributed by atoms with van der Waals surface area (Å²) in [5, 5.41) is 3.20. The second-order valence-electron chi connectivity index (χ2n) is 4.92. The lowest BCUT2D eigenvalue weighted by molar-refractivity contribution is 0.430. The first-order valence-corrected chi connectivity index (χ1v) is 7.04. The first-order chi connectivity index (χ1) is 10.1. The minimum absolute atomic E-state index is 0.143. The molecule has 2 aromatic rings. The maximum Gasteiger partial charge on any atom is 0.167 e. The molecule has 0 aromatic heterocycles. The zero-order chi connectivity index (χ0) is 15.2. The van der Waals surface area contributed by atoms with Gasteiger partial charge in [-0.25, -0.2) is 8.78 Å². The number of hydrogen-bond donors (Lipinski definition) is 1. The van der Waals surface area contributed by atoms with E-state index in [2.05, 4.69) is 12.2 Å². The van der Waals surface area contributed by atoms with E-state index in [1.54, 1.807) is 31.2 Å². The van der Waals surface area contributed by atoms with Crippen LogP contribution in [-0.2, 0) is 6.54 Å². The van der Waals surface area contributed by atoms with E-state index in [-0.39, 0.29) is 11.6 Å². The van der Waals surface area contributed by atoms with Crippen molar-refractivity contribution < 1.29 is 13.5 Å². The topological polar surface area (TPSA) is 21.3 Å². The van der Waals surface area contributed by atoms with Gasteiger partial charge in [-0.1, -0.05) is 25.1 Å². The second-order valence-corrected chi connectivity index (χ2v) is 4.92. The summed E-state index contributed by atoms with van der Waals surface area (Å²) in [4.78, 5) is 0. The van der Waals surface area contributed by atoms with E-state index in [1.165, 1.54) is 12.1 Å². The van der Waals surface area contributed by atoms with E-state index < -0.39 is 5.82 Å². The molecule has 0 saturated carbocycles. The average Bonchev–Trinajstić information content (AvgIpc) is 2.46. The van der Waals surface area contributed by atoms with E-state index in [1.807, 2.05) is 0 Å². The zero-order valence-electron chi connectivity index (χ0n) is 12.2. The van der Waals surface area contributed by atoms with Crippen molar-refractivity contribution in [1.82, 2.24) is 5.32 Å². The molecule has 0 heterocycles. The van der Waals surface area contributed by atoms with E-state index in [0.717, 1.165) is 13.0 Å². The number of benzene rings is 2. The number of nitrogens with one attached hydrogen (secondary N) is 1. The number of aryl methyl sites for hydroxylation is 1. The summed E-state index contributed by atoms with van der Waals surface area (Å²) >= 11 is 0. The Labute approximate surface area is 123 Å². The first-order valence-electron chi connectivity index (χ1n) is 7.04. The van der Waals surface area contributed by atoms with E-state index >= 15 is 0 Å². The second kappa shape index (κ2) is 7.18. The molecule has 2 rings (SSSR count). The van der Waals surface area contributed by atoms with Crippen LogP contribution in [0.1, 0.15) is 24.5 Å². The number of para-hydroxylation sites is 1. The van der Waals surface area contributed by atoms with Crippen molar-refractivity contribution in [2.24, 2.45) is 0 Å². The Hall–Kier alpha value is -1.94. The first kappa shape index (κ1) is 15.4. The van der Waals surface area contributed by atoms with Crippen LogP contribution in [0.2, 0.25) is 0 Å². The molecular weight excluding hydrogens is 272 g/mol. The van der Waals surface area contributed by atoms with Crippen molar-refractivity contribution in [3.8, 4) is 11.5 Å². The molecule has 0 atom stereocenters. The number of ether oxygens (including phenoxy) is 1. The summed E-state index contributed by atoms with van der Waals surface area (Å²) in [5.74, 6) is -0.384. The molecule has 21 heavy (non-hydrogen) atoms. The quantitative estimate of drug-likeness (QED) is 0.787. The standard InChI is InChI=1S/C17H19F2NO/c1-3-9-20-11-13-5-4-6-15(18)17(13)21-14-8-7-12(2)16(19)10-14/h4-8,10,20H,3,9,11H2,1-2H3. The molecule has 112 valence electrons.